The van der Waals surface area contributed by atoms with E-state index in [1.165, 1.54) is 0 Å². The minimum atomic E-state index is -0.555. The fourth-order valence-electron chi connectivity index (χ4n) is 2.78. The number of anilines is 2. The third kappa shape index (κ3) is 3.74. The molecule has 1 heterocycles. The summed E-state index contributed by atoms with van der Waals surface area (Å²) >= 11 is 0. The van der Waals surface area contributed by atoms with E-state index < -0.39 is 6.09 Å². The average molecular weight is 324 g/mol. The summed E-state index contributed by atoms with van der Waals surface area (Å²) in [5.41, 5.74) is 2.46. The lowest BCUT2D eigenvalue weighted by Crippen LogP contribution is -2.35. The van der Waals surface area contributed by atoms with Crippen LogP contribution in [0.5, 0.6) is 5.75 Å². The minimum absolute atomic E-state index is 0.133. The number of carbonyl (C=O) groups is 2. The first kappa shape index (κ1) is 16.1. The van der Waals surface area contributed by atoms with Crippen LogP contribution in [-0.4, -0.2) is 18.5 Å². The smallest absolute Gasteiger partial charge is 0.410 e. The van der Waals surface area contributed by atoms with E-state index in [1.807, 2.05) is 25.1 Å². The SMILES string of the molecule is Cc1ccc(NC(=O)Oc2ccccc2)cc1N1CCCCC1=O. The first-order valence-corrected chi connectivity index (χ1v) is 8.08. The number of benzene rings is 2. The maximum Gasteiger partial charge on any atom is 0.417 e. The van der Waals surface area contributed by atoms with Crippen LogP contribution < -0.4 is 15.0 Å². The molecule has 1 aliphatic heterocycles. The van der Waals surface area contributed by atoms with Gasteiger partial charge in [-0.25, -0.2) is 4.79 Å². The van der Waals surface area contributed by atoms with Crippen molar-refractivity contribution >= 4 is 23.4 Å². The van der Waals surface area contributed by atoms with Crippen LogP contribution in [0.3, 0.4) is 0 Å². The van der Waals surface area contributed by atoms with Crippen LogP contribution >= 0.6 is 0 Å². The number of rotatable bonds is 3. The number of nitrogens with zero attached hydrogens (tertiary/aromatic N) is 1. The van der Waals surface area contributed by atoms with E-state index >= 15 is 0 Å². The Morgan fingerprint density at radius 3 is 2.67 bits per heavy atom. The van der Waals surface area contributed by atoms with Gasteiger partial charge in [0.25, 0.3) is 0 Å². The summed E-state index contributed by atoms with van der Waals surface area (Å²) in [6.07, 6.45) is 1.96. The molecule has 0 radical (unpaired) electrons. The molecule has 2 aromatic carbocycles. The highest BCUT2D eigenvalue weighted by molar-refractivity contribution is 5.96. The third-order valence-corrected chi connectivity index (χ3v) is 4.02. The molecule has 3 rings (SSSR count). The van der Waals surface area contributed by atoms with Crippen molar-refractivity contribution in [2.45, 2.75) is 26.2 Å². The molecule has 1 N–H and O–H groups in total. The summed E-state index contributed by atoms with van der Waals surface area (Å²) in [6.45, 7) is 2.68. The molecule has 5 nitrogen and oxygen atoms in total. The highest BCUT2D eigenvalue weighted by atomic mass is 16.6. The van der Waals surface area contributed by atoms with Gasteiger partial charge in [-0.3, -0.25) is 10.1 Å². The van der Waals surface area contributed by atoms with E-state index in [0.717, 1.165) is 30.6 Å². The van der Waals surface area contributed by atoms with Crippen molar-refractivity contribution < 1.29 is 14.3 Å². The molecule has 0 bridgehead atoms. The Bertz CT molecular complexity index is 744. The summed E-state index contributed by atoms with van der Waals surface area (Å²) in [6, 6.07) is 14.4. The zero-order chi connectivity index (χ0) is 16.9. The summed E-state index contributed by atoms with van der Waals surface area (Å²) in [7, 11) is 0. The fraction of sp³-hybridized carbons (Fsp3) is 0.263. The van der Waals surface area contributed by atoms with E-state index in [2.05, 4.69) is 5.32 Å². The van der Waals surface area contributed by atoms with E-state index in [1.54, 1.807) is 35.2 Å². The van der Waals surface area contributed by atoms with Gasteiger partial charge in [0.05, 0.1) is 0 Å². The number of hydrogen-bond donors (Lipinski definition) is 1. The molecule has 2 amide bonds. The second-order valence-electron chi connectivity index (χ2n) is 5.83. The van der Waals surface area contributed by atoms with Gasteiger partial charge in [0.2, 0.25) is 5.91 Å². The molecule has 1 fully saturated rings. The molecule has 0 unspecified atom stereocenters. The van der Waals surface area contributed by atoms with Gasteiger partial charge in [-0.15, -0.1) is 0 Å². The van der Waals surface area contributed by atoms with Crippen molar-refractivity contribution in [2.24, 2.45) is 0 Å². The van der Waals surface area contributed by atoms with Gasteiger partial charge in [-0.05, 0) is 49.6 Å². The summed E-state index contributed by atoms with van der Waals surface area (Å²) in [5.74, 6) is 0.613. The van der Waals surface area contributed by atoms with Gasteiger partial charge in [0.1, 0.15) is 5.75 Å². The van der Waals surface area contributed by atoms with Crippen LogP contribution in [0.4, 0.5) is 16.2 Å². The second kappa shape index (κ2) is 7.17. The molecular formula is C19H20N2O3. The van der Waals surface area contributed by atoms with E-state index in [-0.39, 0.29) is 5.91 Å². The van der Waals surface area contributed by atoms with Crippen molar-refractivity contribution in [2.75, 3.05) is 16.8 Å². The van der Waals surface area contributed by atoms with Gasteiger partial charge in [-0.2, -0.15) is 0 Å². The number of aryl methyl sites for hydroxylation is 1. The van der Waals surface area contributed by atoms with Crippen LogP contribution in [0, 0.1) is 6.92 Å². The molecule has 24 heavy (non-hydrogen) atoms. The van der Waals surface area contributed by atoms with Crippen LogP contribution in [0.25, 0.3) is 0 Å². The Morgan fingerprint density at radius 2 is 1.92 bits per heavy atom. The standard InChI is InChI=1S/C19H20N2O3/c1-14-10-11-15(13-17(14)21-12-6-5-9-18(21)22)20-19(23)24-16-7-3-2-4-8-16/h2-4,7-8,10-11,13H,5-6,9,12H2,1H3,(H,20,23). The number of ether oxygens (including phenoxy) is 1. The predicted molar refractivity (Wildman–Crippen MR) is 93.5 cm³/mol. The maximum absolute atomic E-state index is 12.1. The Morgan fingerprint density at radius 1 is 1.12 bits per heavy atom. The third-order valence-electron chi connectivity index (χ3n) is 4.02. The summed E-state index contributed by atoms with van der Waals surface area (Å²) in [4.78, 5) is 25.9. The molecule has 5 heteroatoms. The maximum atomic E-state index is 12.1. The fourth-order valence-corrected chi connectivity index (χ4v) is 2.78. The minimum Gasteiger partial charge on any atom is -0.410 e. The monoisotopic (exact) mass is 324 g/mol. The Balaban J connectivity index is 1.73. The lowest BCUT2D eigenvalue weighted by atomic mass is 10.1. The van der Waals surface area contributed by atoms with Crippen molar-refractivity contribution in [1.82, 2.24) is 0 Å². The highest BCUT2D eigenvalue weighted by Crippen LogP contribution is 2.27. The molecule has 0 spiro atoms. The van der Waals surface area contributed by atoms with E-state index in [9.17, 15) is 9.59 Å². The Kier molecular flexibility index (Phi) is 4.79. The molecule has 0 saturated carbocycles. The van der Waals surface area contributed by atoms with Crippen molar-refractivity contribution in [1.29, 1.82) is 0 Å². The average Bonchev–Trinajstić information content (AvgIpc) is 2.58. The van der Waals surface area contributed by atoms with Gasteiger partial charge in [-0.1, -0.05) is 24.3 Å². The number of nitrogens with one attached hydrogen (secondary N) is 1. The zero-order valence-corrected chi connectivity index (χ0v) is 13.6. The first-order valence-electron chi connectivity index (χ1n) is 8.08. The molecule has 0 aromatic heterocycles. The molecule has 0 aliphatic carbocycles. The summed E-state index contributed by atoms with van der Waals surface area (Å²) in [5, 5.41) is 2.71. The number of hydrogen-bond acceptors (Lipinski definition) is 3. The Labute approximate surface area is 141 Å². The van der Waals surface area contributed by atoms with Crippen molar-refractivity contribution in [3.05, 3.63) is 54.1 Å². The van der Waals surface area contributed by atoms with Crippen molar-refractivity contribution in [3.8, 4) is 5.75 Å². The summed E-state index contributed by atoms with van der Waals surface area (Å²) < 4.78 is 5.22. The predicted octanol–water partition coefficient (Wildman–Crippen LogP) is 4.12. The molecule has 0 atom stereocenters. The van der Waals surface area contributed by atoms with Crippen molar-refractivity contribution in [3.63, 3.8) is 0 Å². The number of para-hydroxylation sites is 1. The lowest BCUT2D eigenvalue weighted by Gasteiger charge is -2.28. The zero-order valence-electron chi connectivity index (χ0n) is 13.6. The molecular weight excluding hydrogens is 304 g/mol. The van der Waals surface area contributed by atoms with Gasteiger partial charge >= 0.3 is 6.09 Å². The molecule has 124 valence electrons. The number of carbonyl (C=O) groups excluding carboxylic acids is 2. The van der Waals surface area contributed by atoms with Crippen LogP contribution in [0.2, 0.25) is 0 Å². The lowest BCUT2D eigenvalue weighted by molar-refractivity contribution is -0.119. The van der Waals surface area contributed by atoms with Gasteiger partial charge < -0.3 is 9.64 Å². The topological polar surface area (TPSA) is 58.6 Å². The number of amides is 2. The first-order chi connectivity index (χ1) is 11.6. The van der Waals surface area contributed by atoms with E-state index in [4.69, 9.17) is 4.74 Å². The second-order valence-corrected chi connectivity index (χ2v) is 5.83. The van der Waals surface area contributed by atoms with E-state index in [0.29, 0.717) is 17.9 Å². The largest absolute Gasteiger partial charge is 0.417 e. The quantitative estimate of drug-likeness (QED) is 0.924. The highest BCUT2D eigenvalue weighted by Gasteiger charge is 2.21. The number of piperidine rings is 1. The van der Waals surface area contributed by atoms with Gasteiger partial charge in [0.15, 0.2) is 0 Å². The van der Waals surface area contributed by atoms with Crippen LogP contribution in [-0.2, 0) is 4.79 Å². The van der Waals surface area contributed by atoms with Gasteiger partial charge in [0, 0.05) is 24.3 Å². The molecule has 2 aromatic rings. The molecule has 1 aliphatic rings. The Hall–Kier alpha value is -2.82. The van der Waals surface area contributed by atoms with Crippen LogP contribution in [0.15, 0.2) is 48.5 Å². The molecule has 1 saturated heterocycles. The van der Waals surface area contributed by atoms with Crippen LogP contribution in [0.1, 0.15) is 24.8 Å². The normalized spacial score (nSPS) is 14.4.